The number of carbonyl (C=O) groups is 3. The summed E-state index contributed by atoms with van der Waals surface area (Å²) in [5.41, 5.74) is -0.299. The Balaban J connectivity index is 5.60. The van der Waals surface area contributed by atoms with Crippen LogP contribution in [0.4, 0.5) is 0 Å². The predicted octanol–water partition coefficient (Wildman–Crippen LogP) is 1.25. The van der Waals surface area contributed by atoms with Crippen molar-refractivity contribution < 1.29 is 19.5 Å². The highest BCUT2D eigenvalue weighted by molar-refractivity contribution is 5.89. The van der Waals surface area contributed by atoms with Crippen molar-refractivity contribution in [3.63, 3.8) is 0 Å². The Morgan fingerprint density at radius 3 is 2.08 bits per heavy atom. The second-order valence-electron chi connectivity index (χ2n) is 7.74. The van der Waals surface area contributed by atoms with E-state index in [4.69, 9.17) is 5.11 Å². The van der Waals surface area contributed by atoms with E-state index in [1.54, 1.807) is 20.2 Å². The Bertz CT molecular complexity index is 521. The van der Waals surface area contributed by atoms with Crippen LogP contribution >= 0.6 is 0 Å². The Morgan fingerprint density at radius 2 is 1.72 bits per heavy atom. The minimum Gasteiger partial charge on any atom is -0.478 e. The quantitative estimate of drug-likeness (QED) is 0.569. The van der Waals surface area contributed by atoms with Gasteiger partial charge in [0.2, 0.25) is 11.8 Å². The SMILES string of the molecule is CNCC(=O)NC(C(=O)N(C)C(/C=C(\C)C(=O)O)C(C)C)C(C)(C)C. The number of amides is 2. The van der Waals surface area contributed by atoms with Crippen LogP contribution in [0.1, 0.15) is 41.5 Å². The molecule has 0 bridgehead atoms. The highest BCUT2D eigenvalue weighted by Gasteiger charge is 2.36. The van der Waals surface area contributed by atoms with Gasteiger partial charge < -0.3 is 20.6 Å². The fourth-order valence-corrected chi connectivity index (χ4v) is 2.45. The maximum atomic E-state index is 13.0. The van der Waals surface area contributed by atoms with Crippen molar-refractivity contribution in [2.75, 3.05) is 20.6 Å². The van der Waals surface area contributed by atoms with Gasteiger partial charge in [-0.1, -0.05) is 40.7 Å². The zero-order valence-corrected chi connectivity index (χ0v) is 16.6. The molecule has 0 aliphatic heterocycles. The number of carboxylic acid groups (broad SMARTS) is 1. The van der Waals surface area contributed by atoms with Crippen LogP contribution < -0.4 is 10.6 Å². The molecule has 7 nitrogen and oxygen atoms in total. The molecule has 0 spiro atoms. The lowest BCUT2D eigenvalue weighted by atomic mass is 9.85. The van der Waals surface area contributed by atoms with Gasteiger partial charge in [-0.25, -0.2) is 4.79 Å². The van der Waals surface area contributed by atoms with Gasteiger partial charge >= 0.3 is 5.97 Å². The van der Waals surface area contributed by atoms with Crippen molar-refractivity contribution in [2.24, 2.45) is 11.3 Å². The molecule has 0 radical (unpaired) electrons. The number of hydrogen-bond acceptors (Lipinski definition) is 4. The molecule has 0 saturated carbocycles. The van der Waals surface area contributed by atoms with E-state index in [1.165, 1.54) is 11.8 Å². The van der Waals surface area contributed by atoms with Gasteiger partial charge in [-0.3, -0.25) is 9.59 Å². The number of nitrogens with one attached hydrogen (secondary N) is 2. The van der Waals surface area contributed by atoms with Crippen molar-refractivity contribution in [3.8, 4) is 0 Å². The maximum Gasteiger partial charge on any atom is 0.331 e. The number of carbonyl (C=O) groups excluding carboxylic acids is 2. The number of aliphatic carboxylic acids is 1. The van der Waals surface area contributed by atoms with Crippen molar-refractivity contribution in [2.45, 2.75) is 53.6 Å². The molecule has 0 aliphatic rings. The van der Waals surface area contributed by atoms with Gasteiger partial charge in [0.25, 0.3) is 0 Å². The Labute approximate surface area is 150 Å². The molecule has 0 fully saturated rings. The third kappa shape index (κ3) is 7.25. The number of rotatable bonds is 8. The summed E-state index contributed by atoms with van der Waals surface area (Å²) in [7, 11) is 3.30. The Morgan fingerprint density at radius 1 is 1.20 bits per heavy atom. The molecule has 0 aromatic carbocycles. The molecule has 2 atom stereocenters. The predicted molar refractivity (Wildman–Crippen MR) is 98.1 cm³/mol. The average molecular weight is 355 g/mol. The van der Waals surface area contributed by atoms with Gasteiger partial charge in [-0.05, 0) is 25.3 Å². The molecule has 0 aromatic rings. The standard InChI is InChI=1S/C18H33N3O4/c1-11(2)13(9-12(3)17(24)25)21(8)16(23)15(18(4,5)6)20-14(22)10-19-7/h9,11,13,15,19H,10H2,1-8H3,(H,20,22)(H,24,25)/b12-9+. The average Bonchev–Trinajstić information content (AvgIpc) is 2.47. The largest absolute Gasteiger partial charge is 0.478 e. The molecule has 0 rings (SSSR count). The molecule has 0 heterocycles. The van der Waals surface area contributed by atoms with E-state index in [1.807, 2.05) is 34.6 Å². The number of likely N-dealkylation sites (N-methyl/N-ethyl adjacent to an activating group) is 2. The van der Waals surface area contributed by atoms with Crippen LogP contribution in [0.3, 0.4) is 0 Å². The van der Waals surface area contributed by atoms with Crippen molar-refractivity contribution in [1.82, 2.24) is 15.5 Å². The first-order chi connectivity index (χ1) is 11.3. The van der Waals surface area contributed by atoms with Crippen LogP contribution in [-0.2, 0) is 14.4 Å². The van der Waals surface area contributed by atoms with E-state index >= 15 is 0 Å². The molecule has 0 aliphatic carbocycles. The third-order valence-corrected chi connectivity index (χ3v) is 3.99. The van der Waals surface area contributed by atoms with E-state index in [2.05, 4.69) is 10.6 Å². The lowest BCUT2D eigenvalue weighted by Crippen LogP contribution is -2.57. The summed E-state index contributed by atoms with van der Waals surface area (Å²) in [5.74, 6) is -1.49. The van der Waals surface area contributed by atoms with Crippen molar-refractivity contribution >= 4 is 17.8 Å². The van der Waals surface area contributed by atoms with E-state index in [-0.39, 0.29) is 35.9 Å². The van der Waals surface area contributed by atoms with Crippen molar-refractivity contribution in [1.29, 1.82) is 0 Å². The first kappa shape index (κ1) is 23.1. The molecule has 7 heteroatoms. The van der Waals surface area contributed by atoms with Gasteiger partial charge in [0.1, 0.15) is 6.04 Å². The second kappa shape index (κ2) is 9.56. The minimum atomic E-state index is -1.01. The van der Waals surface area contributed by atoms with E-state index in [9.17, 15) is 14.4 Å². The van der Waals surface area contributed by atoms with Crippen LogP contribution in [0, 0.1) is 11.3 Å². The third-order valence-electron chi connectivity index (χ3n) is 3.99. The topological polar surface area (TPSA) is 98.7 Å². The van der Waals surface area contributed by atoms with E-state index in [0.717, 1.165) is 0 Å². The lowest BCUT2D eigenvalue weighted by Gasteiger charge is -2.37. The fourth-order valence-electron chi connectivity index (χ4n) is 2.45. The molecular formula is C18H33N3O4. The summed E-state index contributed by atoms with van der Waals surface area (Å²) in [5, 5.41) is 14.7. The Kier molecular flexibility index (Phi) is 8.83. The summed E-state index contributed by atoms with van der Waals surface area (Å²) in [6.45, 7) is 11.1. The molecule has 25 heavy (non-hydrogen) atoms. The summed E-state index contributed by atoms with van der Waals surface area (Å²) in [4.78, 5) is 37.7. The summed E-state index contributed by atoms with van der Waals surface area (Å²) >= 11 is 0. The summed E-state index contributed by atoms with van der Waals surface area (Å²) in [6.07, 6.45) is 1.58. The molecular weight excluding hydrogens is 322 g/mol. The number of nitrogens with zero attached hydrogens (tertiary/aromatic N) is 1. The first-order valence-corrected chi connectivity index (χ1v) is 8.45. The second-order valence-corrected chi connectivity index (χ2v) is 7.74. The molecule has 0 saturated heterocycles. The lowest BCUT2D eigenvalue weighted by molar-refractivity contribution is -0.140. The van der Waals surface area contributed by atoms with E-state index < -0.39 is 17.4 Å². The van der Waals surface area contributed by atoms with Crippen LogP contribution in [0.25, 0.3) is 0 Å². The zero-order chi connectivity index (χ0) is 19.9. The minimum absolute atomic E-state index is 0.0249. The van der Waals surface area contributed by atoms with Gasteiger partial charge in [0.05, 0.1) is 12.6 Å². The highest BCUT2D eigenvalue weighted by Crippen LogP contribution is 2.23. The molecule has 144 valence electrons. The van der Waals surface area contributed by atoms with Gasteiger partial charge in [0, 0.05) is 12.6 Å². The first-order valence-electron chi connectivity index (χ1n) is 8.45. The monoisotopic (exact) mass is 355 g/mol. The van der Waals surface area contributed by atoms with Crippen LogP contribution in [0.2, 0.25) is 0 Å². The summed E-state index contributed by atoms with van der Waals surface area (Å²) in [6, 6.07) is -1.09. The van der Waals surface area contributed by atoms with Gasteiger partial charge in [-0.15, -0.1) is 0 Å². The number of hydrogen-bond donors (Lipinski definition) is 3. The van der Waals surface area contributed by atoms with Gasteiger partial charge in [-0.2, -0.15) is 0 Å². The molecule has 2 amide bonds. The van der Waals surface area contributed by atoms with Gasteiger partial charge in [0.15, 0.2) is 0 Å². The fraction of sp³-hybridized carbons (Fsp3) is 0.722. The van der Waals surface area contributed by atoms with Crippen LogP contribution in [0.5, 0.6) is 0 Å². The summed E-state index contributed by atoms with van der Waals surface area (Å²) < 4.78 is 0. The zero-order valence-electron chi connectivity index (χ0n) is 16.6. The van der Waals surface area contributed by atoms with Crippen LogP contribution in [0.15, 0.2) is 11.6 Å². The normalized spacial score (nSPS) is 14.8. The molecule has 3 N–H and O–H groups in total. The Hall–Kier alpha value is -1.89. The van der Waals surface area contributed by atoms with Crippen molar-refractivity contribution in [3.05, 3.63) is 11.6 Å². The van der Waals surface area contributed by atoms with Crippen LogP contribution in [-0.4, -0.2) is 60.5 Å². The molecule has 0 aromatic heterocycles. The van der Waals surface area contributed by atoms with E-state index in [0.29, 0.717) is 0 Å². The highest BCUT2D eigenvalue weighted by atomic mass is 16.4. The maximum absolute atomic E-state index is 13.0. The smallest absolute Gasteiger partial charge is 0.331 e. The molecule has 2 unspecified atom stereocenters. The number of carboxylic acids is 1.